The predicted molar refractivity (Wildman–Crippen MR) is 57.2 cm³/mol. The predicted octanol–water partition coefficient (Wildman–Crippen LogP) is -0.195. The van der Waals surface area contributed by atoms with Gasteiger partial charge in [-0.2, -0.15) is 0 Å². The molecule has 1 aliphatic heterocycles. The molecule has 0 radical (unpaired) electrons. The summed E-state index contributed by atoms with van der Waals surface area (Å²) in [5, 5.41) is 6.11. The van der Waals surface area contributed by atoms with E-state index in [-0.39, 0.29) is 11.9 Å². The quantitative estimate of drug-likeness (QED) is 0.662. The summed E-state index contributed by atoms with van der Waals surface area (Å²) in [5.41, 5.74) is 0. The maximum atomic E-state index is 11.5. The van der Waals surface area contributed by atoms with Crippen molar-refractivity contribution < 1.29 is 4.79 Å². The average Bonchev–Trinajstić information content (AvgIpc) is 2.33. The van der Waals surface area contributed by atoms with E-state index in [2.05, 4.69) is 22.5 Å². The van der Waals surface area contributed by atoms with Crippen molar-refractivity contribution in [1.82, 2.24) is 15.5 Å². The summed E-state index contributed by atoms with van der Waals surface area (Å²) in [4.78, 5) is 13.8. The summed E-state index contributed by atoms with van der Waals surface area (Å²) < 4.78 is 0. The van der Waals surface area contributed by atoms with Crippen LogP contribution in [0, 0.1) is 0 Å². The monoisotopic (exact) mass is 199 g/mol. The van der Waals surface area contributed by atoms with Gasteiger partial charge in [-0.05, 0) is 27.3 Å². The highest BCUT2D eigenvalue weighted by molar-refractivity contribution is 5.81. The summed E-state index contributed by atoms with van der Waals surface area (Å²) in [6, 6.07) is 0.441. The largest absolute Gasteiger partial charge is 0.355 e. The number of likely N-dealkylation sites (N-methyl/N-ethyl adjacent to an activating group) is 1. The van der Waals surface area contributed by atoms with Crippen molar-refractivity contribution in [1.29, 1.82) is 0 Å². The Bertz CT molecular complexity index is 196. The first-order valence-electron chi connectivity index (χ1n) is 5.34. The minimum atomic E-state index is 0.00769. The van der Waals surface area contributed by atoms with Gasteiger partial charge < -0.3 is 10.6 Å². The normalized spacial score (nSPS) is 26.8. The SMILES string of the molecule is CNC(C)CN1CCCNC(=O)C1C. The molecule has 0 saturated carbocycles. The van der Waals surface area contributed by atoms with Crippen LogP contribution in [0.15, 0.2) is 0 Å². The second kappa shape index (κ2) is 5.32. The molecule has 2 atom stereocenters. The number of amides is 1. The Balaban J connectivity index is 2.51. The molecule has 2 unspecified atom stereocenters. The number of hydrogen-bond donors (Lipinski definition) is 2. The van der Waals surface area contributed by atoms with Crippen LogP contribution in [-0.2, 0) is 4.79 Å². The minimum absolute atomic E-state index is 0.00769. The summed E-state index contributed by atoms with van der Waals surface area (Å²) in [6.45, 7) is 6.86. The smallest absolute Gasteiger partial charge is 0.237 e. The first kappa shape index (κ1) is 11.5. The van der Waals surface area contributed by atoms with Crippen LogP contribution in [0.3, 0.4) is 0 Å². The van der Waals surface area contributed by atoms with Crippen molar-refractivity contribution in [3.8, 4) is 0 Å². The Labute approximate surface area is 86.0 Å². The van der Waals surface area contributed by atoms with Gasteiger partial charge in [-0.3, -0.25) is 9.69 Å². The highest BCUT2D eigenvalue weighted by Crippen LogP contribution is 2.05. The van der Waals surface area contributed by atoms with E-state index >= 15 is 0 Å². The van der Waals surface area contributed by atoms with Crippen LogP contribution in [-0.4, -0.2) is 49.6 Å². The molecule has 1 saturated heterocycles. The molecule has 0 bridgehead atoms. The number of carbonyl (C=O) groups excluding carboxylic acids is 1. The lowest BCUT2D eigenvalue weighted by atomic mass is 10.2. The van der Waals surface area contributed by atoms with Crippen LogP contribution in [0.1, 0.15) is 20.3 Å². The van der Waals surface area contributed by atoms with Crippen LogP contribution < -0.4 is 10.6 Å². The topological polar surface area (TPSA) is 44.4 Å². The molecule has 0 aromatic heterocycles. The molecule has 0 aromatic carbocycles. The van der Waals surface area contributed by atoms with Crippen molar-refractivity contribution in [2.75, 3.05) is 26.7 Å². The first-order chi connectivity index (χ1) is 6.65. The lowest BCUT2D eigenvalue weighted by Gasteiger charge is -2.27. The minimum Gasteiger partial charge on any atom is -0.355 e. The number of rotatable bonds is 3. The number of nitrogens with one attached hydrogen (secondary N) is 2. The van der Waals surface area contributed by atoms with Crippen LogP contribution in [0.2, 0.25) is 0 Å². The van der Waals surface area contributed by atoms with Gasteiger partial charge in [-0.1, -0.05) is 0 Å². The lowest BCUT2D eigenvalue weighted by Crippen LogP contribution is -2.46. The lowest BCUT2D eigenvalue weighted by molar-refractivity contribution is -0.124. The number of hydrogen-bond acceptors (Lipinski definition) is 3. The number of nitrogens with zero attached hydrogens (tertiary/aromatic N) is 1. The zero-order valence-electron chi connectivity index (χ0n) is 9.34. The Kier molecular flexibility index (Phi) is 4.35. The molecule has 1 fully saturated rings. The zero-order chi connectivity index (χ0) is 10.6. The third-order valence-electron chi connectivity index (χ3n) is 2.85. The van der Waals surface area contributed by atoms with Crippen molar-refractivity contribution >= 4 is 5.91 Å². The fourth-order valence-electron chi connectivity index (χ4n) is 1.69. The standard InChI is InChI=1S/C10H21N3O/c1-8(11-3)7-13-6-4-5-12-10(14)9(13)2/h8-9,11H,4-7H2,1-3H3,(H,12,14). The molecule has 1 amide bonds. The van der Waals surface area contributed by atoms with Gasteiger partial charge in [0.15, 0.2) is 0 Å². The molecular weight excluding hydrogens is 178 g/mol. The molecule has 4 heteroatoms. The Morgan fingerprint density at radius 1 is 1.71 bits per heavy atom. The molecular formula is C10H21N3O. The second-order valence-corrected chi connectivity index (χ2v) is 4.01. The van der Waals surface area contributed by atoms with E-state index in [9.17, 15) is 4.79 Å². The van der Waals surface area contributed by atoms with Gasteiger partial charge in [-0.15, -0.1) is 0 Å². The van der Waals surface area contributed by atoms with E-state index in [0.29, 0.717) is 6.04 Å². The molecule has 1 heterocycles. The molecule has 1 aliphatic rings. The van der Waals surface area contributed by atoms with Crippen LogP contribution in [0.5, 0.6) is 0 Å². The van der Waals surface area contributed by atoms with Gasteiger partial charge in [0.05, 0.1) is 6.04 Å². The zero-order valence-corrected chi connectivity index (χ0v) is 9.34. The molecule has 0 aromatic rings. The fourth-order valence-corrected chi connectivity index (χ4v) is 1.69. The maximum absolute atomic E-state index is 11.5. The van der Waals surface area contributed by atoms with E-state index in [1.54, 1.807) is 0 Å². The summed E-state index contributed by atoms with van der Waals surface area (Å²) in [5.74, 6) is 0.158. The van der Waals surface area contributed by atoms with Crippen molar-refractivity contribution in [2.45, 2.75) is 32.4 Å². The Hall–Kier alpha value is -0.610. The van der Waals surface area contributed by atoms with E-state index in [1.165, 1.54) is 0 Å². The van der Waals surface area contributed by atoms with E-state index < -0.39 is 0 Å². The van der Waals surface area contributed by atoms with Gasteiger partial charge in [0.2, 0.25) is 5.91 Å². The van der Waals surface area contributed by atoms with E-state index in [4.69, 9.17) is 0 Å². The third kappa shape index (κ3) is 2.96. The maximum Gasteiger partial charge on any atom is 0.237 e. The van der Waals surface area contributed by atoms with Crippen molar-refractivity contribution in [3.05, 3.63) is 0 Å². The molecule has 2 N–H and O–H groups in total. The van der Waals surface area contributed by atoms with Crippen molar-refractivity contribution in [2.24, 2.45) is 0 Å². The van der Waals surface area contributed by atoms with Crippen LogP contribution >= 0.6 is 0 Å². The van der Waals surface area contributed by atoms with Gasteiger partial charge >= 0.3 is 0 Å². The molecule has 14 heavy (non-hydrogen) atoms. The first-order valence-corrected chi connectivity index (χ1v) is 5.34. The van der Waals surface area contributed by atoms with Gasteiger partial charge in [0.1, 0.15) is 0 Å². The highest BCUT2D eigenvalue weighted by atomic mass is 16.2. The van der Waals surface area contributed by atoms with E-state index in [1.807, 2.05) is 14.0 Å². The van der Waals surface area contributed by atoms with Gasteiger partial charge in [-0.25, -0.2) is 0 Å². The fraction of sp³-hybridized carbons (Fsp3) is 0.900. The third-order valence-corrected chi connectivity index (χ3v) is 2.85. The van der Waals surface area contributed by atoms with Gasteiger partial charge in [0, 0.05) is 25.7 Å². The van der Waals surface area contributed by atoms with Gasteiger partial charge in [0.25, 0.3) is 0 Å². The number of carbonyl (C=O) groups is 1. The molecule has 0 aliphatic carbocycles. The molecule has 82 valence electrons. The molecule has 4 nitrogen and oxygen atoms in total. The van der Waals surface area contributed by atoms with Crippen LogP contribution in [0.25, 0.3) is 0 Å². The Morgan fingerprint density at radius 3 is 3.07 bits per heavy atom. The average molecular weight is 199 g/mol. The second-order valence-electron chi connectivity index (χ2n) is 4.01. The summed E-state index contributed by atoms with van der Waals surface area (Å²) in [7, 11) is 1.95. The van der Waals surface area contributed by atoms with Crippen molar-refractivity contribution in [3.63, 3.8) is 0 Å². The van der Waals surface area contributed by atoms with Crippen LogP contribution in [0.4, 0.5) is 0 Å². The molecule has 1 rings (SSSR count). The Morgan fingerprint density at radius 2 is 2.43 bits per heavy atom. The summed E-state index contributed by atoms with van der Waals surface area (Å²) >= 11 is 0. The highest BCUT2D eigenvalue weighted by Gasteiger charge is 2.24. The summed E-state index contributed by atoms with van der Waals surface area (Å²) in [6.07, 6.45) is 1.05. The van der Waals surface area contributed by atoms with E-state index in [0.717, 1.165) is 26.1 Å². The molecule has 0 spiro atoms.